The molecule has 0 unspecified atom stereocenters. The molecule has 0 spiro atoms. The van der Waals surface area contributed by atoms with Crippen LogP contribution in [-0.4, -0.2) is 34.8 Å². The van der Waals surface area contributed by atoms with Crippen LogP contribution in [0.1, 0.15) is 21.7 Å². The molecular weight excluding hydrogens is 299 g/mol. The predicted molar refractivity (Wildman–Crippen MR) is 65.6 cm³/mol. The molecule has 0 aliphatic heterocycles. The molecule has 0 saturated carbocycles. The number of hydrogen-bond donors (Lipinski definition) is 2. The van der Waals surface area contributed by atoms with Crippen molar-refractivity contribution in [3.8, 4) is 0 Å². The van der Waals surface area contributed by atoms with E-state index in [0.29, 0.717) is 5.56 Å². The van der Waals surface area contributed by atoms with Gasteiger partial charge in [-0.1, -0.05) is 0 Å². The summed E-state index contributed by atoms with van der Waals surface area (Å²) in [6.07, 6.45) is 0.769. The van der Waals surface area contributed by atoms with Crippen molar-refractivity contribution >= 4 is 23.6 Å². The van der Waals surface area contributed by atoms with Crippen molar-refractivity contribution in [3.63, 3.8) is 0 Å². The lowest BCUT2D eigenvalue weighted by Crippen LogP contribution is -2.27. The van der Waals surface area contributed by atoms with Crippen LogP contribution in [0.5, 0.6) is 0 Å². The van der Waals surface area contributed by atoms with Crippen LogP contribution in [0.15, 0.2) is 10.7 Å². The number of thioether (sulfide) groups is 1. The van der Waals surface area contributed by atoms with Crippen LogP contribution in [0.25, 0.3) is 0 Å². The van der Waals surface area contributed by atoms with Crippen LogP contribution >= 0.6 is 11.8 Å². The minimum Gasteiger partial charge on any atom is -0.481 e. The monoisotopic (exact) mass is 311 g/mol. The number of aryl methyl sites for hydroxylation is 1. The highest BCUT2D eigenvalue weighted by Gasteiger charge is 2.27. The highest BCUT2D eigenvalue weighted by atomic mass is 32.2. The minimum absolute atomic E-state index is 0.0176. The Morgan fingerprint density at radius 2 is 2.10 bits per heavy atom. The number of furan rings is 1. The number of aliphatic carboxylic acids is 1. The van der Waals surface area contributed by atoms with Gasteiger partial charge in [0.15, 0.2) is 0 Å². The number of halogens is 3. The third-order valence-electron chi connectivity index (χ3n) is 2.24. The number of carboxylic acid groups (broad SMARTS) is 1. The maximum Gasteiger partial charge on any atom is 0.441 e. The van der Waals surface area contributed by atoms with Gasteiger partial charge in [-0.05, 0) is 18.7 Å². The molecule has 0 atom stereocenters. The average molecular weight is 311 g/mol. The van der Waals surface area contributed by atoms with Crippen molar-refractivity contribution in [2.75, 3.05) is 12.3 Å². The number of amides is 1. The van der Waals surface area contributed by atoms with Gasteiger partial charge in [-0.2, -0.15) is 13.2 Å². The topological polar surface area (TPSA) is 79.5 Å². The first kappa shape index (κ1) is 16.4. The minimum atomic E-state index is -4.34. The van der Waals surface area contributed by atoms with Crippen LogP contribution < -0.4 is 5.32 Å². The normalized spacial score (nSPS) is 11.4. The fourth-order valence-corrected chi connectivity index (χ4v) is 1.93. The number of rotatable bonds is 6. The van der Waals surface area contributed by atoms with Crippen LogP contribution in [0, 0.1) is 6.92 Å². The first-order valence-electron chi connectivity index (χ1n) is 5.48. The quantitative estimate of drug-likeness (QED) is 0.787. The summed E-state index contributed by atoms with van der Waals surface area (Å²) in [6.45, 7) is 1.37. The Labute approximate surface area is 116 Å². The summed E-state index contributed by atoms with van der Waals surface area (Å²) in [5.41, 5.74) is -3.85. The first-order chi connectivity index (χ1) is 9.20. The van der Waals surface area contributed by atoms with Gasteiger partial charge in [-0.15, -0.1) is 0 Å². The SMILES string of the molecule is Cc1coc(CC(=O)O)c1C(=O)NCCSC(F)(F)F. The summed E-state index contributed by atoms with van der Waals surface area (Å²) in [6, 6.07) is 0. The molecule has 0 aliphatic rings. The fraction of sp³-hybridized carbons (Fsp3) is 0.455. The average Bonchev–Trinajstić information content (AvgIpc) is 2.63. The molecule has 2 N–H and O–H groups in total. The summed E-state index contributed by atoms with van der Waals surface area (Å²) in [5, 5.41) is 11.0. The number of hydrogen-bond acceptors (Lipinski definition) is 4. The van der Waals surface area contributed by atoms with E-state index in [2.05, 4.69) is 5.32 Å². The Kier molecular flexibility index (Phi) is 5.49. The van der Waals surface area contributed by atoms with E-state index in [-0.39, 0.29) is 35.4 Å². The zero-order chi connectivity index (χ0) is 15.3. The molecule has 0 radical (unpaired) electrons. The predicted octanol–water partition coefficient (Wildman–Crippen LogP) is 2.20. The molecule has 1 heterocycles. The summed E-state index contributed by atoms with van der Waals surface area (Å²) >= 11 is -0.240. The van der Waals surface area contributed by atoms with Gasteiger partial charge >= 0.3 is 11.5 Å². The maximum absolute atomic E-state index is 11.9. The van der Waals surface area contributed by atoms with Gasteiger partial charge in [0, 0.05) is 17.9 Å². The number of carbonyl (C=O) groups is 2. The van der Waals surface area contributed by atoms with Crippen LogP contribution in [0.2, 0.25) is 0 Å². The molecule has 20 heavy (non-hydrogen) atoms. The lowest BCUT2D eigenvalue weighted by molar-refractivity contribution is -0.136. The molecule has 0 aliphatic carbocycles. The maximum atomic E-state index is 11.9. The Bertz CT molecular complexity index is 498. The lowest BCUT2D eigenvalue weighted by atomic mass is 10.1. The third-order valence-corrected chi connectivity index (χ3v) is 2.98. The van der Waals surface area contributed by atoms with E-state index in [4.69, 9.17) is 9.52 Å². The molecule has 1 amide bonds. The molecular formula is C11H12F3NO4S. The summed E-state index contributed by atoms with van der Waals surface area (Å²) < 4.78 is 40.6. The number of carboxylic acids is 1. The van der Waals surface area contributed by atoms with Crippen molar-refractivity contribution in [2.45, 2.75) is 18.9 Å². The van der Waals surface area contributed by atoms with Crippen molar-refractivity contribution < 1.29 is 32.3 Å². The lowest BCUT2D eigenvalue weighted by Gasteiger charge is -2.07. The van der Waals surface area contributed by atoms with Gasteiger partial charge in [-0.25, -0.2) is 0 Å². The summed E-state index contributed by atoms with van der Waals surface area (Å²) in [7, 11) is 0. The van der Waals surface area contributed by atoms with Gasteiger partial charge in [0.2, 0.25) is 0 Å². The molecule has 0 aromatic carbocycles. The zero-order valence-electron chi connectivity index (χ0n) is 10.4. The van der Waals surface area contributed by atoms with Crippen LogP contribution in [-0.2, 0) is 11.2 Å². The van der Waals surface area contributed by atoms with E-state index in [0.717, 1.165) is 0 Å². The highest BCUT2D eigenvalue weighted by Crippen LogP contribution is 2.29. The van der Waals surface area contributed by atoms with Crippen molar-refractivity contribution in [1.82, 2.24) is 5.32 Å². The Hall–Kier alpha value is -1.64. The van der Waals surface area contributed by atoms with Crippen LogP contribution in [0.3, 0.4) is 0 Å². The highest BCUT2D eigenvalue weighted by molar-refractivity contribution is 8.00. The molecule has 9 heteroatoms. The molecule has 0 fully saturated rings. The fourth-order valence-electron chi connectivity index (χ4n) is 1.49. The van der Waals surface area contributed by atoms with Crippen molar-refractivity contribution in [3.05, 3.63) is 23.2 Å². The first-order valence-corrected chi connectivity index (χ1v) is 6.47. The number of carbonyl (C=O) groups excluding carboxylic acids is 1. The molecule has 0 saturated heterocycles. The van der Waals surface area contributed by atoms with Gasteiger partial charge in [0.25, 0.3) is 5.91 Å². The van der Waals surface area contributed by atoms with E-state index in [9.17, 15) is 22.8 Å². The Balaban J connectivity index is 2.59. The molecule has 1 aromatic rings. The zero-order valence-corrected chi connectivity index (χ0v) is 11.2. The second kappa shape index (κ2) is 6.69. The molecule has 112 valence electrons. The van der Waals surface area contributed by atoms with Gasteiger partial charge < -0.3 is 14.8 Å². The van der Waals surface area contributed by atoms with Gasteiger partial charge in [0.05, 0.1) is 11.8 Å². The second-order valence-corrected chi connectivity index (χ2v) is 5.00. The number of nitrogens with one attached hydrogen (secondary N) is 1. The largest absolute Gasteiger partial charge is 0.481 e. The molecule has 1 rings (SSSR count). The second-order valence-electron chi connectivity index (χ2n) is 3.84. The van der Waals surface area contributed by atoms with Gasteiger partial charge in [-0.3, -0.25) is 9.59 Å². The van der Waals surface area contributed by atoms with Gasteiger partial charge in [0.1, 0.15) is 12.2 Å². The standard InChI is InChI=1S/C11H12F3NO4S/c1-6-5-19-7(4-8(16)17)9(6)10(18)15-2-3-20-11(12,13)14/h5H,2-4H2,1H3,(H,15,18)(H,16,17). The van der Waals surface area contributed by atoms with E-state index < -0.39 is 23.8 Å². The summed E-state index contributed by atoms with van der Waals surface area (Å²) in [4.78, 5) is 22.4. The third kappa shape index (κ3) is 5.16. The Morgan fingerprint density at radius 3 is 2.65 bits per heavy atom. The number of alkyl halides is 3. The van der Waals surface area contributed by atoms with E-state index in [1.165, 1.54) is 6.26 Å². The van der Waals surface area contributed by atoms with Crippen molar-refractivity contribution in [1.29, 1.82) is 0 Å². The smallest absolute Gasteiger partial charge is 0.441 e. The Morgan fingerprint density at radius 1 is 1.45 bits per heavy atom. The molecule has 5 nitrogen and oxygen atoms in total. The van der Waals surface area contributed by atoms with Crippen LogP contribution in [0.4, 0.5) is 13.2 Å². The van der Waals surface area contributed by atoms with Crippen molar-refractivity contribution in [2.24, 2.45) is 0 Å². The van der Waals surface area contributed by atoms with E-state index in [1.807, 2.05) is 0 Å². The molecule has 1 aromatic heterocycles. The molecule has 0 bridgehead atoms. The summed E-state index contributed by atoms with van der Waals surface area (Å²) in [5.74, 6) is -2.15. The van der Waals surface area contributed by atoms with E-state index in [1.54, 1.807) is 6.92 Å². The van der Waals surface area contributed by atoms with E-state index >= 15 is 0 Å².